The zero-order valence-electron chi connectivity index (χ0n) is 12.7. The van der Waals surface area contributed by atoms with Gasteiger partial charge in [0.25, 0.3) is 0 Å². The van der Waals surface area contributed by atoms with E-state index in [4.69, 9.17) is 11.6 Å². The topological polar surface area (TPSA) is 58.2 Å². The zero-order chi connectivity index (χ0) is 15.7. The summed E-state index contributed by atoms with van der Waals surface area (Å²) in [5, 5.41) is 3.74. The summed E-state index contributed by atoms with van der Waals surface area (Å²) in [6, 6.07) is 4.85. The van der Waals surface area contributed by atoms with Crippen molar-refractivity contribution in [3.05, 3.63) is 28.8 Å². The van der Waals surface area contributed by atoms with Crippen LogP contribution in [0.5, 0.6) is 0 Å². The highest BCUT2D eigenvalue weighted by molar-refractivity contribution is 7.89. The highest BCUT2D eigenvalue weighted by Gasteiger charge is 2.40. The van der Waals surface area contributed by atoms with E-state index in [1.165, 1.54) is 0 Å². The molecule has 0 amide bonds. The summed E-state index contributed by atoms with van der Waals surface area (Å²) >= 11 is 6.12. The predicted octanol–water partition coefficient (Wildman–Crippen LogP) is 2.92. The van der Waals surface area contributed by atoms with Gasteiger partial charge in [-0.1, -0.05) is 18.5 Å². The lowest BCUT2D eigenvalue weighted by atomic mass is 10.0. The molecule has 6 heteroatoms. The number of rotatable bonds is 7. The molecule has 4 nitrogen and oxygen atoms in total. The largest absolute Gasteiger partial charge is 0.313 e. The SMILES string of the molecule is CCNCc1cc(S(=O)(=O)NC(C)(C)C2CC2)ccc1Cl. The van der Waals surface area contributed by atoms with Crippen molar-refractivity contribution in [2.24, 2.45) is 5.92 Å². The third-order valence-corrected chi connectivity index (χ3v) is 5.93. The molecule has 1 aromatic rings. The van der Waals surface area contributed by atoms with E-state index in [0.29, 0.717) is 17.5 Å². The van der Waals surface area contributed by atoms with Crippen LogP contribution in [0.15, 0.2) is 23.1 Å². The van der Waals surface area contributed by atoms with Gasteiger partial charge in [-0.05, 0) is 62.9 Å². The Labute approximate surface area is 132 Å². The lowest BCUT2D eigenvalue weighted by Gasteiger charge is -2.26. The van der Waals surface area contributed by atoms with E-state index in [1.807, 2.05) is 20.8 Å². The van der Waals surface area contributed by atoms with Crippen LogP contribution in [0, 0.1) is 5.92 Å². The van der Waals surface area contributed by atoms with Crippen molar-refractivity contribution in [1.82, 2.24) is 10.0 Å². The molecule has 21 heavy (non-hydrogen) atoms. The van der Waals surface area contributed by atoms with Crippen LogP contribution in [0.3, 0.4) is 0 Å². The molecule has 0 aromatic heterocycles. The Morgan fingerprint density at radius 1 is 1.33 bits per heavy atom. The number of halogens is 1. The Bertz CT molecular complexity index is 610. The maximum atomic E-state index is 12.5. The van der Waals surface area contributed by atoms with Gasteiger partial charge in [0.1, 0.15) is 0 Å². The molecule has 1 aliphatic rings. The maximum absolute atomic E-state index is 12.5. The number of sulfonamides is 1. The van der Waals surface area contributed by atoms with Crippen molar-refractivity contribution in [2.45, 2.75) is 50.6 Å². The Kier molecular flexibility index (Phi) is 4.98. The van der Waals surface area contributed by atoms with E-state index < -0.39 is 15.6 Å². The molecule has 2 rings (SSSR count). The first-order valence-corrected chi connectivity index (χ1v) is 9.15. The van der Waals surface area contributed by atoms with Gasteiger partial charge in [-0.25, -0.2) is 13.1 Å². The van der Waals surface area contributed by atoms with Crippen LogP contribution in [0.1, 0.15) is 39.2 Å². The zero-order valence-corrected chi connectivity index (χ0v) is 14.3. The quantitative estimate of drug-likeness (QED) is 0.808. The average Bonchev–Trinajstić information content (AvgIpc) is 3.21. The van der Waals surface area contributed by atoms with Gasteiger partial charge in [0.15, 0.2) is 0 Å². The fourth-order valence-electron chi connectivity index (χ4n) is 2.41. The predicted molar refractivity (Wildman–Crippen MR) is 86.0 cm³/mol. The van der Waals surface area contributed by atoms with E-state index in [2.05, 4.69) is 10.0 Å². The van der Waals surface area contributed by atoms with E-state index in [1.54, 1.807) is 18.2 Å². The molecule has 0 aliphatic heterocycles. The summed E-state index contributed by atoms with van der Waals surface area (Å²) in [7, 11) is -3.52. The number of hydrogen-bond acceptors (Lipinski definition) is 3. The summed E-state index contributed by atoms with van der Waals surface area (Å²) in [6.07, 6.45) is 2.17. The molecule has 1 aromatic carbocycles. The molecular formula is C15H23ClN2O2S. The summed E-state index contributed by atoms with van der Waals surface area (Å²) in [6.45, 7) is 7.24. The highest BCUT2D eigenvalue weighted by atomic mass is 35.5. The van der Waals surface area contributed by atoms with Crippen molar-refractivity contribution in [1.29, 1.82) is 0 Å². The lowest BCUT2D eigenvalue weighted by molar-refractivity contribution is 0.400. The van der Waals surface area contributed by atoms with Gasteiger partial charge in [0.2, 0.25) is 10.0 Å². The first kappa shape index (κ1) is 16.7. The van der Waals surface area contributed by atoms with Crippen molar-refractivity contribution in [2.75, 3.05) is 6.54 Å². The molecule has 0 heterocycles. The normalized spacial score (nSPS) is 16.2. The van der Waals surface area contributed by atoms with Crippen LogP contribution in [0.25, 0.3) is 0 Å². The second kappa shape index (κ2) is 6.24. The fourth-order valence-corrected chi connectivity index (χ4v) is 4.11. The van der Waals surface area contributed by atoms with Crippen LogP contribution >= 0.6 is 11.6 Å². The molecule has 0 saturated heterocycles. The molecule has 1 aliphatic carbocycles. The molecule has 118 valence electrons. The minimum atomic E-state index is -3.52. The molecule has 1 saturated carbocycles. The van der Waals surface area contributed by atoms with Gasteiger partial charge in [-0.3, -0.25) is 0 Å². The minimum absolute atomic E-state index is 0.272. The van der Waals surface area contributed by atoms with E-state index in [-0.39, 0.29) is 4.90 Å². The molecule has 0 radical (unpaired) electrons. The fraction of sp³-hybridized carbons (Fsp3) is 0.600. The minimum Gasteiger partial charge on any atom is -0.313 e. The molecular weight excluding hydrogens is 308 g/mol. The van der Waals surface area contributed by atoms with E-state index in [0.717, 1.165) is 24.9 Å². The monoisotopic (exact) mass is 330 g/mol. The van der Waals surface area contributed by atoms with Crippen molar-refractivity contribution in [3.8, 4) is 0 Å². The smallest absolute Gasteiger partial charge is 0.241 e. The summed E-state index contributed by atoms with van der Waals surface area (Å²) in [5.74, 6) is 0.431. The Hall–Kier alpha value is -0.620. The molecule has 2 N–H and O–H groups in total. The second-order valence-electron chi connectivity index (χ2n) is 6.14. The first-order valence-electron chi connectivity index (χ1n) is 7.29. The van der Waals surface area contributed by atoms with Gasteiger partial charge >= 0.3 is 0 Å². The van der Waals surface area contributed by atoms with Crippen LogP contribution in [0.2, 0.25) is 5.02 Å². The van der Waals surface area contributed by atoms with E-state index in [9.17, 15) is 8.42 Å². The highest BCUT2D eigenvalue weighted by Crippen LogP contribution is 2.40. The van der Waals surface area contributed by atoms with Gasteiger partial charge in [0, 0.05) is 17.1 Å². The molecule has 1 fully saturated rings. The third-order valence-electron chi connectivity index (χ3n) is 3.89. The van der Waals surface area contributed by atoms with Gasteiger partial charge in [-0.15, -0.1) is 0 Å². The van der Waals surface area contributed by atoms with Crippen LogP contribution in [-0.4, -0.2) is 20.5 Å². The molecule has 0 unspecified atom stereocenters. The third kappa shape index (κ3) is 4.19. The summed E-state index contributed by atoms with van der Waals surface area (Å²) in [5.41, 5.74) is 0.394. The second-order valence-corrected chi connectivity index (χ2v) is 8.22. The average molecular weight is 331 g/mol. The maximum Gasteiger partial charge on any atom is 0.241 e. The van der Waals surface area contributed by atoms with Gasteiger partial charge in [0.05, 0.1) is 4.90 Å². The van der Waals surface area contributed by atoms with Crippen molar-refractivity contribution >= 4 is 21.6 Å². The molecule has 0 bridgehead atoms. The molecule has 0 atom stereocenters. The Morgan fingerprint density at radius 3 is 2.57 bits per heavy atom. The summed E-state index contributed by atoms with van der Waals surface area (Å²) in [4.78, 5) is 0.272. The number of hydrogen-bond donors (Lipinski definition) is 2. The molecule has 0 spiro atoms. The van der Waals surface area contributed by atoms with Crippen LogP contribution < -0.4 is 10.0 Å². The van der Waals surface area contributed by atoms with Gasteiger partial charge in [-0.2, -0.15) is 0 Å². The van der Waals surface area contributed by atoms with Crippen molar-refractivity contribution in [3.63, 3.8) is 0 Å². The van der Waals surface area contributed by atoms with Crippen LogP contribution in [-0.2, 0) is 16.6 Å². The summed E-state index contributed by atoms with van der Waals surface area (Å²) < 4.78 is 27.9. The number of benzene rings is 1. The van der Waals surface area contributed by atoms with Gasteiger partial charge < -0.3 is 5.32 Å². The van der Waals surface area contributed by atoms with Crippen LogP contribution in [0.4, 0.5) is 0 Å². The Morgan fingerprint density at radius 2 is 2.00 bits per heavy atom. The number of nitrogens with one attached hydrogen (secondary N) is 2. The first-order chi connectivity index (χ1) is 9.76. The Balaban J connectivity index is 2.23. The lowest BCUT2D eigenvalue weighted by Crippen LogP contribution is -2.45. The standard InChI is InChI=1S/C15H23ClN2O2S/c1-4-17-10-11-9-13(7-8-14(11)16)21(19,20)18-15(2,3)12-5-6-12/h7-9,12,17-18H,4-6,10H2,1-3H3. The van der Waals surface area contributed by atoms with Crippen molar-refractivity contribution < 1.29 is 8.42 Å². The van der Waals surface area contributed by atoms with E-state index >= 15 is 0 Å².